The van der Waals surface area contributed by atoms with Crippen molar-refractivity contribution in [2.45, 2.75) is 20.0 Å². The third kappa shape index (κ3) is 2.56. The number of hydrogen-bond donors (Lipinski definition) is 1. The molecule has 0 aliphatic rings. The lowest BCUT2D eigenvalue weighted by atomic mass is 9.98. The summed E-state index contributed by atoms with van der Waals surface area (Å²) in [6, 6.07) is 7.86. The van der Waals surface area contributed by atoms with Crippen molar-refractivity contribution in [1.82, 2.24) is 4.98 Å². The molecule has 1 N–H and O–H groups in total. The Morgan fingerprint density at radius 1 is 1.18 bits per heavy atom. The highest BCUT2D eigenvalue weighted by Gasteiger charge is 2.15. The zero-order valence-corrected chi connectivity index (χ0v) is 11.4. The molecule has 0 fully saturated rings. The lowest BCUT2D eigenvalue weighted by molar-refractivity contribution is 0.218. The largest absolute Gasteiger partial charge is 0.384 e. The molecule has 1 aromatic heterocycles. The van der Waals surface area contributed by atoms with Gasteiger partial charge in [0.15, 0.2) is 0 Å². The first kappa shape index (κ1) is 12.3. The first-order valence-corrected chi connectivity index (χ1v) is 6.23. The number of pyridine rings is 1. The minimum atomic E-state index is -0.641. The van der Waals surface area contributed by atoms with E-state index in [1.165, 1.54) is 0 Å². The van der Waals surface area contributed by atoms with E-state index in [1.54, 1.807) is 12.4 Å². The molecule has 17 heavy (non-hydrogen) atoms. The normalized spacial score (nSPS) is 12.5. The zero-order chi connectivity index (χ0) is 12.4. The number of aliphatic hydroxyl groups excluding tert-OH is 1. The van der Waals surface area contributed by atoms with E-state index in [4.69, 9.17) is 0 Å². The van der Waals surface area contributed by atoms with Gasteiger partial charge in [-0.3, -0.25) is 4.98 Å². The second kappa shape index (κ2) is 4.98. The number of aryl methyl sites for hydroxylation is 2. The maximum atomic E-state index is 10.4. The molecule has 0 aliphatic carbocycles. The average molecular weight is 292 g/mol. The Balaban J connectivity index is 2.47. The number of hydrogen-bond acceptors (Lipinski definition) is 2. The fraction of sp³-hybridized carbons (Fsp3) is 0.214. The van der Waals surface area contributed by atoms with Crippen LogP contribution in [-0.4, -0.2) is 10.1 Å². The minimum Gasteiger partial charge on any atom is -0.384 e. The predicted molar refractivity (Wildman–Crippen MR) is 71.9 cm³/mol. The lowest BCUT2D eigenvalue weighted by Crippen LogP contribution is -2.03. The molecular weight excluding hydrogens is 278 g/mol. The maximum absolute atomic E-state index is 10.4. The Hall–Kier alpha value is -1.19. The van der Waals surface area contributed by atoms with Crippen molar-refractivity contribution >= 4 is 15.9 Å². The Bertz CT molecular complexity index is 539. The van der Waals surface area contributed by atoms with Gasteiger partial charge in [-0.05, 0) is 37.1 Å². The van der Waals surface area contributed by atoms with Gasteiger partial charge in [-0.1, -0.05) is 33.6 Å². The van der Waals surface area contributed by atoms with Gasteiger partial charge < -0.3 is 5.11 Å². The van der Waals surface area contributed by atoms with Crippen molar-refractivity contribution in [2.75, 3.05) is 0 Å². The molecule has 0 spiro atoms. The van der Waals surface area contributed by atoms with Gasteiger partial charge >= 0.3 is 0 Å². The Morgan fingerprint density at radius 3 is 2.65 bits per heavy atom. The number of aromatic nitrogens is 1. The van der Waals surface area contributed by atoms with E-state index in [2.05, 4.69) is 20.9 Å². The molecule has 3 heteroatoms. The average Bonchev–Trinajstić information content (AvgIpc) is 2.32. The van der Waals surface area contributed by atoms with Crippen LogP contribution in [0.2, 0.25) is 0 Å². The summed E-state index contributed by atoms with van der Waals surface area (Å²) >= 11 is 3.47. The minimum absolute atomic E-state index is 0.641. The quantitative estimate of drug-likeness (QED) is 0.918. The smallest absolute Gasteiger partial charge is 0.107 e. The van der Waals surface area contributed by atoms with Crippen molar-refractivity contribution in [3.63, 3.8) is 0 Å². The van der Waals surface area contributed by atoms with Gasteiger partial charge in [0, 0.05) is 22.4 Å². The van der Waals surface area contributed by atoms with Crippen LogP contribution in [0, 0.1) is 13.8 Å². The van der Waals surface area contributed by atoms with Gasteiger partial charge in [-0.2, -0.15) is 0 Å². The molecule has 1 heterocycles. The highest BCUT2D eigenvalue weighted by atomic mass is 79.9. The fourth-order valence-corrected chi connectivity index (χ4v) is 2.27. The van der Waals surface area contributed by atoms with E-state index in [9.17, 15) is 5.11 Å². The number of nitrogens with zero attached hydrogens (tertiary/aromatic N) is 1. The highest BCUT2D eigenvalue weighted by molar-refractivity contribution is 9.10. The molecule has 0 saturated heterocycles. The van der Waals surface area contributed by atoms with Crippen molar-refractivity contribution < 1.29 is 5.11 Å². The standard InChI is InChI=1S/C14H14BrNO/c1-9-3-4-13(15)11(7-9)14(17)12-8-16-6-5-10(12)2/h3-8,14,17H,1-2H3. The fourth-order valence-electron chi connectivity index (χ4n) is 1.80. The third-order valence-corrected chi connectivity index (χ3v) is 3.54. The number of halogens is 1. The molecule has 0 bridgehead atoms. The first-order valence-electron chi connectivity index (χ1n) is 5.44. The zero-order valence-electron chi connectivity index (χ0n) is 9.81. The molecule has 2 rings (SSSR count). The van der Waals surface area contributed by atoms with Crippen LogP contribution >= 0.6 is 15.9 Å². The lowest BCUT2D eigenvalue weighted by Gasteiger charge is -2.15. The van der Waals surface area contributed by atoms with Crippen LogP contribution in [0.3, 0.4) is 0 Å². The topological polar surface area (TPSA) is 33.1 Å². The molecule has 0 saturated carbocycles. The van der Waals surface area contributed by atoms with Gasteiger partial charge in [-0.25, -0.2) is 0 Å². The van der Waals surface area contributed by atoms with Gasteiger partial charge in [0.1, 0.15) is 6.10 Å². The molecule has 0 aliphatic heterocycles. The summed E-state index contributed by atoms with van der Waals surface area (Å²) in [5.74, 6) is 0. The summed E-state index contributed by atoms with van der Waals surface area (Å²) in [4.78, 5) is 4.07. The molecule has 88 valence electrons. The number of aliphatic hydroxyl groups is 1. The molecule has 1 unspecified atom stereocenters. The van der Waals surface area contributed by atoms with Gasteiger partial charge in [-0.15, -0.1) is 0 Å². The monoisotopic (exact) mass is 291 g/mol. The molecule has 0 amide bonds. The number of benzene rings is 1. The van der Waals surface area contributed by atoms with E-state index in [0.717, 1.165) is 26.7 Å². The Labute approximate surface area is 109 Å². The molecule has 2 nitrogen and oxygen atoms in total. The molecule has 0 radical (unpaired) electrons. The van der Waals surface area contributed by atoms with Crippen LogP contribution in [0.25, 0.3) is 0 Å². The van der Waals surface area contributed by atoms with Crippen LogP contribution in [0.5, 0.6) is 0 Å². The molecular formula is C14H14BrNO. The van der Waals surface area contributed by atoms with Crippen LogP contribution in [0.15, 0.2) is 41.1 Å². The van der Waals surface area contributed by atoms with Crippen molar-refractivity contribution in [2.24, 2.45) is 0 Å². The van der Waals surface area contributed by atoms with Crippen molar-refractivity contribution in [1.29, 1.82) is 0 Å². The first-order chi connectivity index (χ1) is 8.09. The third-order valence-electron chi connectivity index (χ3n) is 2.82. The van der Waals surface area contributed by atoms with Crippen LogP contribution in [0.1, 0.15) is 28.4 Å². The molecule has 2 aromatic rings. The maximum Gasteiger partial charge on any atom is 0.107 e. The molecule has 1 aromatic carbocycles. The summed E-state index contributed by atoms with van der Waals surface area (Å²) in [5, 5.41) is 10.4. The van der Waals surface area contributed by atoms with Gasteiger partial charge in [0.2, 0.25) is 0 Å². The van der Waals surface area contributed by atoms with Gasteiger partial charge in [0.05, 0.1) is 0 Å². The second-order valence-corrected chi connectivity index (χ2v) is 5.01. The predicted octanol–water partition coefficient (Wildman–Crippen LogP) is 3.54. The summed E-state index contributed by atoms with van der Waals surface area (Å²) in [6.07, 6.45) is 2.81. The van der Waals surface area contributed by atoms with E-state index in [0.29, 0.717) is 0 Å². The summed E-state index contributed by atoms with van der Waals surface area (Å²) < 4.78 is 0.916. The summed E-state index contributed by atoms with van der Waals surface area (Å²) in [5.41, 5.74) is 3.89. The van der Waals surface area contributed by atoms with Gasteiger partial charge in [0.25, 0.3) is 0 Å². The van der Waals surface area contributed by atoms with E-state index in [1.807, 2.05) is 38.1 Å². The van der Waals surface area contributed by atoms with Crippen LogP contribution in [-0.2, 0) is 0 Å². The number of rotatable bonds is 2. The van der Waals surface area contributed by atoms with Crippen molar-refractivity contribution in [3.8, 4) is 0 Å². The summed E-state index contributed by atoms with van der Waals surface area (Å²) in [7, 11) is 0. The Kier molecular flexibility index (Phi) is 3.60. The molecule has 1 atom stereocenters. The van der Waals surface area contributed by atoms with Crippen LogP contribution < -0.4 is 0 Å². The highest BCUT2D eigenvalue weighted by Crippen LogP contribution is 2.30. The Morgan fingerprint density at radius 2 is 1.94 bits per heavy atom. The second-order valence-electron chi connectivity index (χ2n) is 4.16. The van der Waals surface area contributed by atoms with E-state index < -0.39 is 6.10 Å². The van der Waals surface area contributed by atoms with E-state index in [-0.39, 0.29) is 0 Å². The summed E-state index contributed by atoms with van der Waals surface area (Å²) in [6.45, 7) is 3.99. The van der Waals surface area contributed by atoms with Crippen molar-refractivity contribution in [3.05, 3.63) is 63.4 Å². The van der Waals surface area contributed by atoms with Crippen LogP contribution in [0.4, 0.5) is 0 Å². The SMILES string of the molecule is Cc1ccc(Br)c(C(O)c2cnccc2C)c1. The van der Waals surface area contributed by atoms with E-state index >= 15 is 0 Å².